The minimum absolute atomic E-state index is 0.186. The Morgan fingerprint density at radius 2 is 1.83 bits per heavy atom. The van der Waals surface area contributed by atoms with Crippen LogP contribution in [0.25, 0.3) is 0 Å². The molecule has 0 saturated carbocycles. The van der Waals surface area contributed by atoms with Crippen molar-refractivity contribution < 1.29 is 18.7 Å². The van der Waals surface area contributed by atoms with E-state index in [2.05, 4.69) is 4.43 Å². The fraction of sp³-hybridized carbons (Fsp3) is 0.857. The summed E-state index contributed by atoms with van der Waals surface area (Å²) in [5.74, 6) is -0.256. The molecule has 0 atom stereocenters. The zero-order valence-corrected chi connectivity index (χ0v) is 9.83. The monoisotopic (exact) mass is 192 g/mol. The molecule has 0 aromatic rings. The van der Waals surface area contributed by atoms with Gasteiger partial charge in [0.25, 0.3) is 5.97 Å². The smallest absolute Gasteiger partial charge is 0.296 e. The van der Waals surface area contributed by atoms with Crippen LogP contribution in [0.5, 0.6) is 0 Å². The maximum atomic E-state index is 10.8. The lowest BCUT2D eigenvalue weighted by atomic mass is 10.4. The fourth-order valence-electron chi connectivity index (χ4n) is 0.757. The van der Waals surface area contributed by atoms with Crippen LogP contribution in [0.2, 0.25) is 0 Å². The Balaban J connectivity index is 3.68. The maximum absolute atomic E-state index is 10.8. The van der Waals surface area contributed by atoms with Crippen LogP contribution in [-0.2, 0) is 18.7 Å². The van der Waals surface area contributed by atoms with E-state index in [9.17, 15) is 4.79 Å². The largest absolute Gasteiger partial charge is 0.529 e. The topological polar surface area (TPSA) is 44.8 Å². The van der Waals surface area contributed by atoms with E-state index in [0.29, 0.717) is 23.7 Å². The Kier molecular flexibility index (Phi) is 7.03. The summed E-state index contributed by atoms with van der Waals surface area (Å²) in [6, 6.07) is 0. The molecule has 0 saturated heterocycles. The Morgan fingerprint density at radius 3 is 2.17 bits per heavy atom. The summed E-state index contributed by atoms with van der Waals surface area (Å²) in [4.78, 5) is 10.8. The standard InChI is InChI=1S/C7H16O4Si/c1-3-9-7(10-4-2)5-6(8)11-12/h7H,3-5H2,1-2,12H3. The van der Waals surface area contributed by atoms with Gasteiger partial charge in [0.15, 0.2) is 6.29 Å². The summed E-state index contributed by atoms with van der Waals surface area (Å²) in [6.45, 7) is 4.80. The highest BCUT2D eigenvalue weighted by Gasteiger charge is 2.13. The number of carbonyl (C=O) groups excluding carboxylic acids is 1. The molecule has 0 bridgehead atoms. The number of ether oxygens (including phenoxy) is 2. The summed E-state index contributed by atoms with van der Waals surface area (Å²) in [5.41, 5.74) is 0. The van der Waals surface area contributed by atoms with E-state index < -0.39 is 6.29 Å². The van der Waals surface area contributed by atoms with Crippen molar-refractivity contribution in [2.75, 3.05) is 13.2 Å². The molecule has 4 nitrogen and oxygen atoms in total. The predicted octanol–water partition coefficient (Wildman–Crippen LogP) is -0.401. The average molecular weight is 192 g/mol. The van der Waals surface area contributed by atoms with Crippen molar-refractivity contribution in [1.29, 1.82) is 0 Å². The maximum Gasteiger partial charge on any atom is 0.296 e. The first kappa shape index (κ1) is 11.6. The molecule has 0 amide bonds. The molecule has 72 valence electrons. The van der Waals surface area contributed by atoms with Crippen LogP contribution in [0.4, 0.5) is 0 Å². The highest BCUT2D eigenvalue weighted by atomic mass is 28.2. The Labute approximate surface area is 75.7 Å². The Morgan fingerprint density at radius 1 is 1.33 bits per heavy atom. The van der Waals surface area contributed by atoms with Crippen LogP contribution in [0, 0.1) is 0 Å². The third-order valence-electron chi connectivity index (χ3n) is 1.27. The molecule has 5 heteroatoms. The summed E-state index contributed by atoms with van der Waals surface area (Å²) >= 11 is 0. The van der Waals surface area contributed by atoms with E-state index in [4.69, 9.17) is 9.47 Å². The Hall–Kier alpha value is -0.393. The summed E-state index contributed by atoms with van der Waals surface area (Å²) < 4.78 is 14.9. The van der Waals surface area contributed by atoms with Crippen molar-refractivity contribution in [1.82, 2.24) is 0 Å². The molecule has 0 aliphatic rings. The second-order valence-electron chi connectivity index (χ2n) is 2.12. The molecular formula is C7H16O4Si. The quantitative estimate of drug-likeness (QED) is 0.424. The van der Waals surface area contributed by atoms with Gasteiger partial charge in [-0.2, -0.15) is 0 Å². The van der Waals surface area contributed by atoms with Crippen molar-refractivity contribution in [2.24, 2.45) is 0 Å². The number of carbonyl (C=O) groups is 1. The lowest BCUT2D eigenvalue weighted by Crippen LogP contribution is -2.22. The lowest BCUT2D eigenvalue weighted by Gasteiger charge is -2.15. The van der Waals surface area contributed by atoms with Crippen LogP contribution in [0.1, 0.15) is 20.3 Å². The second kappa shape index (κ2) is 7.27. The van der Waals surface area contributed by atoms with Gasteiger partial charge in [-0.1, -0.05) is 0 Å². The van der Waals surface area contributed by atoms with Gasteiger partial charge in [0.2, 0.25) is 10.5 Å². The molecule has 12 heavy (non-hydrogen) atoms. The molecule has 0 N–H and O–H groups in total. The lowest BCUT2D eigenvalue weighted by molar-refractivity contribution is -0.161. The molecule has 0 rings (SSSR count). The van der Waals surface area contributed by atoms with Gasteiger partial charge in [0.05, 0.1) is 6.42 Å². The van der Waals surface area contributed by atoms with Gasteiger partial charge >= 0.3 is 0 Å². The first-order valence-electron chi connectivity index (χ1n) is 4.04. The van der Waals surface area contributed by atoms with Crippen LogP contribution >= 0.6 is 0 Å². The van der Waals surface area contributed by atoms with E-state index in [1.54, 1.807) is 0 Å². The minimum Gasteiger partial charge on any atom is -0.529 e. The van der Waals surface area contributed by atoms with Gasteiger partial charge in [-0.15, -0.1) is 0 Å². The average Bonchev–Trinajstić information content (AvgIpc) is 2.05. The number of hydrogen-bond acceptors (Lipinski definition) is 4. The molecule has 0 spiro atoms. The van der Waals surface area contributed by atoms with E-state index >= 15 is 0 Å². The van der Waals surface area contributed by atoms with Gasteiger partial charge in [-0.3, -0.25) is 4.79 Å². The summed E-state index contributed by atoms with van der Waals surface area (Å²) in [6.07, 6.45) is -0.257. The zero-order valence-electron chi connectivity index (χ0n) is 7.83. The summed E-state index contributed by atoms with van der Waals surface area (Å²) in [5, 5.41) is 0. The van der Waals surface area contributed by atoms with Crippen molar-refractivity contribution >= 4 is 16.5 Å². The predicted molar refractivity (Wildman–Crippen MR) is 47.7 cm³/mol. The van der Waals surface area contributed by atoms with Gasteiger partial charge in [-0.25, -0.2) is 0 Å². The molecule has 0 aromatic carbocycles. The molecular weight excluding hydrogens is 176 g/mol. The van der Waals surface area contributed by atoms with Crippen molar-refractivity contribution in [2.45, 2.75) is 26.6 Å². The minimum atomic E-state index is -0.443. The van der Waals surface area contributed by atoms with E-state index in [-0.39, 0.29) is 12.4 Å². The van der Waals surface area contributed by atoms with Gasteiger partial charge in [0.1, 0.15) is 0 Å². The molecule has 0 aliphatic heterocycles. The van der Waals surface area contributed by atoms with E-state index in [1.807, 2.05) is 13.8 Å². The normalized spacial score (nSPS) is 10.6. The van der Waals surface area contributed by atoms with Crippen LogP contribution in [0.15, 0.2) is 0 Å². The zero-order chi connectivity index (χ0) is 9.40. The van der Waals surface area contributed by atoms with E-state index in [0.717, 1.165) is 0 Å². The molecule has 0 aliphatic carbocycles. The first-order valence-corrected chi connectivity index (χ1v) is 4.86. The van der Waals surface area contributed by atoms with Crippen molar-refractivity contribution in [3.63, 3.8) is 0 Å². The molecule has 0 heterocycles. The van der Waals surface area contributed by atoms with Crippen molar-refractivity contribution in [3.05, 3.63) is 0 Å². The molecule has 0 aromatic heterocycles. The second-order valence-corrected chi connectivity index (χ2v) is 2.53. The molecule has 0 fully saturated rings. The van der Waals surface area contributed by atoms with Gasteiger partial charge in [0, 0.05) is 13.2 Å². The fourth-order valence-corrected chi connectivity index (χ4v) is 0.924. The van der Waals surface area contributed by atoms with Crippen LogP contribution in [0.3, 0.4) is 0 Å². The highest BCUT2D eigenvalue weighted by Crippen LogP contribution is 2.01. The van der Waals surface area contributed by atoms with Crippen molar-refractivity contribution in [3.8, 4) is 0 Å². The molecule has 0 radical (unpaired) electrons. The van der Waals surface area contributed by atoms with Gasteiger partial charge in [-0.05, 0) is 13.8 Å². The van der Waals surface area contributed by atoms with Crippen LogP contribution in [-0.4, -0.2) is 36.0 Å². The third kappa shape index (κ3) is 5.28. The van der Waals surface area contributed by atoms with Crippen LogP contribution < -0.4 is 0 Å². The third-order valence-corrected chi connectivity index (χ3v) is 1.72. The SMILES string of the molecule is CCOC(CC(=O)O[SiH3])OCC. The molecule has 0 unspecified atom stereocenters. The summed E-state index contributed by atoms with van der Waals surface area (Å²) in [7, 11) is 0.426. The van der Waals surface area contributed by atoms with E-state index in [1.165, 1.54) is 0 Å². The highest BCUT2D eigenvalue weighted by molar-refractivity contribution is 6.05. The van der Waals surface area contributed by atoms with Gasteiger partial charge < -0.3 is 13.9 Å². The Bertz CT molecular complexity index is 123. The first-order chi connectivity index (χ1) is 5.74. The number of hydrogen-bond donors (Lipinski definition) is 0. The number of rotatable bonds is 6.